The molecule has 4 rings (SSSR count). The van der Waals surface area contributed by atoms with Crippen molar-refractivity contribution in [1.29, 1.82) is 0 Å². The van der Waals surface area contributed by atoms with Crippen LogP contribution in [0, 0.1) is 0 Å². The quantitative estimate of drug-likeness (QED) is 0.527. The van der Waals surface area contributed by atoms with Gasteiger partial charge in [0.15, 0.2) is 5.82 Å². The maximum absolute atomic E-state index is 12.8. The van der Waals surface area contributed by atoms with E-state index in [-0.39, 0.29) is 23.9 Å². The van der Waals surface area contributed by atoms with Gasteiger partial charge in [-0.05, 0) is 17.5 Å². The molecule has 0 fully saturated rings. The number of carbonyl (C=O) groups is 1. The summed E-state index contributed by atoms with van der Waals surface area (Å²) >= 11 is 1.57. The fraction of sp³-hybridized carbons (Fsp3) is 0.238. The molecule has 0 aliphatic rings. The normalized spacial score (nSPS) is 11.3. The summed E-state index contributed by atoms with van der Waals surface area (Å²) in [7, 11) is 0. The second-order valence-corrected chi connectivity index (χ2v) is 8.00. The Morgan fingerprint density at radius 3 is 2.79 bits per heavy atom. The molecule has 7 nitrogen and oxygen atoms in total. The lowest BCUT2D eigenvalue weighted by Gasteiger charge is -2.12. The van der Waals surface area contributed by atoms with E-state index in [0.717, 1.165) is 10.3 Å². The minimum absolute atomic E-state index is 0.0634. The van der Waals surface area contributed by atoms with Crippen molar-refractivity contribution in [2.75, 3.05) is 0 Å². The zero-order valence-electron chi connectivity index (χ0n) is 16.1. The lowest BCUT2D eigenvalue weighted by Crippen LogP contribution is -2.32. The number of pyridine rings is 1. The van der Waals surface area contributed by atoms with Crippen LogP contribution in [0.5, 0.6) is 0 Å². The molecule has 0 bridgehead atoms. The van der Waals surface area contributed by atoms with Crippen LogP contribution in [0.1, 0.15) is 30.5 Å². The van der Waals surface area contributed by atoms with E-state index >= 15 is 0 Å². The minimum Gasteiger partial charge on any atom is -0.350 e. The van der Waals surface area contributed by atoms with Crippen molar-refractivity contribution < 1.29 is 9.32 Å². The number of thiophene rings is 1. The van der Waals surface area contributed by atoms with Gasteiger partial charge >= 0.3 is 0 Å². The molecule has 4 aromatic rings. The fourth-order valence-corrected chi connectivity index (χ4v) is 3.70. The van der Waals surface area contributed by atoms with Crippen LogP contribution in [0.15, 0.2) is 57.2 Å². The number of nitrogens with zero attached hydrogens (tertiary/aromatic N) is 3. The largest absolute Gasteiger partial charge is 0.350 e. The fourth-order valence-electron chi connectivity index (χ4n) is 3.05. The SMILES string of the molecule is CC(C)c1noc(-c2cc(=O)n(CC(=O)NCc3cccs3)c3ccccc23)n1. The first-order chi connectivity index (χ1) is 14.0. The molecule has 0 unspecified atom stereocenters. The Hall–Kier alpha value is -3.26. The summed E-state index contributed by atoms with van der Waals surface area (Å²) in [6, 6.07) is 12.7. The van der Waals surface area contributed by atoms with Crippen LogP contribution >= 0.6 is 11.3 Å². The van der Waals surface area contributed by atoms with E-state index in [1.807, 2.05) is 55.6 Å². The maximum Gasteiger partial charge on any atom is 0.258 e. The molecule has 3 heterocycles. The number of carbonyl (C=O) groups excluding carboxylic acids is 1. The van der Waals surface area contributed by atoms with Crippen molar-refractivity contribution in [2.24, 2.45) is 0 Å². The van der Waals surface area contributed by atoms with Crippen molar-refractivity contribution in [3.8, 4) is 11.5 Å². The zero-order chi connectivity index (χ0) is 20.4. The van der Waals surface area contributed by atoms with Gasteiger partial charge < -0.3 is 9.84 Å². The second-order valence-electron chi connectivity index (χ2n) is 6.97. The van der Waals surface area contributed by atoms with Crippen LogP contribution in [0.2, 0.25) is 0 Å². The van der Waals surface area contributed by atoms with Crippen molar-refractivity contribution >= 4 is 28.1 Å². The summed E-state index contributed by atoms with van der Waals surface area (Å²) in [5.41, 5.74) is 0.917. The van der Waals surface area contributed by atoms with Crippen LogP contribution in [0.4, 0.5) is 0 Å². The summed E-state index contributed by atoms with van der Waals surface area (Å²) in [5, 5.41) is 9.58. The number of para-hydroxylation sites is 1. The van der Waals surface area contributed by atoms with Gasteiger partial charge in [0.1, 0.15) is 6.54 Å². The molecule has 0 aliphatic heterocycles. The highest BCUT2D eigenvalue weighted by atomic mass is 32.1. The van der Waals surface area contributed by atoms with Gasteiger partial charge in [-0.1, -0.05) is 43.3 Å². The molecule has 1 aromatic carbocycles. The topological polar surface area (TPSA) is 90.0 Å². The Morgan fingerprint density at radius 2 is 2.07 bits per heavy atom. The van der Waals surface area contributed by atoms with E-state index in [2.05, 4.69) is 15.5 Å². The lowest BCUT2D eigenvalue weighted by atomic mass is 10.1. The highest BCUT2D eigenvalue weighted by Gasteiger charge is 2.18. The Morgan fingerprint density at radius 1 is 1.24 bits per heavy atom. The average Bonchev–Trinajstić information content (AvgIpc) is 3.40. The van der Waals surface area contributed by atoms with Crippen molar-refractivity contribution in [2.45, 2.75) is 32.9 Å². The highest BCUT2D eigenvalue weighted by molar-refractivity contribution is 7.09. The second kappa shape index (κ2) is 8.00. The molecule has 3 aromatic heterocycles. The summed E-state index contributed by atoms with van der Waals surface area (Å²) < 4.78 is 6.85. The molecule has 0 aliphatic carbocycles. The first kappa shape index (κ1) is 19.1. The molecule has 0 radical (unpaired) electrons. The van der Waals surface area contributed by atoms with Crippen molar-refractivity contribution in [3.63, 3.8) is 0 Å². The number of hydrogen-bond donors (Lipinski definition) is 1. The van der Waals surface area contributed by atoms with Crippen LogP contribution in [-0.2, 0) is 17.9 Å². The predicted molar refractivity (Wildman–Crippen MR) is 112 cm³/mol. The molecular formula is C21H20N4O3S. The van der Waals surface area contributed by atoms with Crippen LogP contribution < -0.4 is 10.9 Å². The number of nitrogens with one attached hydrogen (secondary N) is 1. The molecule has 0 saturated heterocycles. The molecule has 29 heavy (non-hydrogen) atoms. The maximum atomic E-state index is 12.8. The van der Waals surface area contributed by atoms with E-state index < -0.39 is 0 Å². The van der Waals surface area contributed by atoms with Crippen LogP contribution in [-0.4, -0.2) is 20.6 Å². The smallest absolute Gasteiger partial charge is 0.258 e. The van der Waals surface area contributed by atoms with Gasteiger partial charge in [0.25, 0.3) is 11.4 Å². The molecule has 1 N–H and O–H groups in total. The minimum atomic E-state index is -0.297. The summed E-state index contributed by atoms with van der Waals surface area (Å²) in [6.07, 6.45) is 0. The Balaban J connectivity index is 1.68. The van der Waals surface area contributed by atoms with Gasteiger partial charge in [-0.15, -0.1) is 11.3 Å². The number of benzene rings is 1. The molecule has 1 amide bonds. The van der Waals surface area contributed by atoms with Gasteiger partial charge in [0.05, 0.1) is 17.6 Å². The monoisotopic (exact) mass is 408 g/mol. The number of amides is 1. The molecular weight excluding hydrogens is 388 g/mol. The summed E-state index contributed by atoms with van der Waals surface area (Å²) in [4.78, 5) is 30.7. The molecule has 8 heteroatoms. The lowest BCUT2D eigenvalue weighted by molar-refractivity contribution is -0.121. The third-order valence-corrected chi connectivity index (χ3v) is 5.43. The highest BCUT2D eigenvalue weighted by Crippen LogP contribution is 2.27. The Labute approximate surface area is 171 Å². The molecule has 0 saturated carbocycles. The van der Waals surface area contributed by atoms with E-state index in [4.69, 9.17) is 4.52 Å². The third-order valence-electron chi connectivity index (χ3n) is 4.55. The van der Waals surface area contributed by atoms with Crippen LogP contribution in [0.25, 0.3) is 22.4 Å². The number of aromatic nitrogens is 3. The van der Waals surface area contributed by atoms with Gasteiger partial charge in [0.2, 0.25) is 5.91 Å². The third kappa shape index (κ3) is 3.97. The Kier molecular flexibility index (Phi) is 5.26. The van der Waals surface area contributed by atoms with E-state index in [1.54, 1.807) is 11.3 Å². The number of rotatable bonds is 6. The van der Waals surface area contributed by atoms with Crippen molar-refractivity contribution in [3.05, 3.63) is 68.9 Å². The van der Waals surface area contributed by atoms with E-state index in [1.165, 1.54) is 10.6 Å². The Bertz CT molecular complexity index is 1210. The number of hydrogen-bond acceptors (Lipinski definition) is 6. The van der Waals surface area contributed by atoms with Gasteiger partial charge in [-0.25, -0.2) is 0 Å². The summed E-state index contributed by atoms with van der Waals surface area (Å²) in [5.74, 6) is 0.780. The van der Waals surface area contributed by atoms with Gasteiger partial charge in [-0.2, -0.15) is 4.98 Å². The van der Waals surface area contributed by atoms with Gasteiger partial charge in [0, 0.05) is 22.2 Å². The van der Waals surface area contributed by atoms with E-state index in [0.29, 0.717) is 29.3 Å². The molecule has 0 spiro atoms. The van der Waals surface area contributed by atoms with E-state index in [9.17, 15) is 9.59 Å². The molecule has 0 atom stereocenters. The predicted octanol–water partition coefficient (Wildman–Crippen LogP) is 3.55. The first-order valence-electron chi connectivity index (χ1n) is 9.28. The zero-order valence-corrected chi connectivity index (χ0v) is 16.9. The first-order valence-corrected chi connectivity index (χ1v) is 10.2. The average molecular weight is 408 g/mol. The van der Waals surface area contributed by atoms with Gasteiger partial charge in [-0.3, -0.25) is 14.2 Å². The van der Waals surface area contributed by atoms with Crippen LogP contribution in [0.3, 0.4) is 0 Å². The molecule has 148 valence electrons. The standard InChI is InChI=1S/C21H20N4O3S/c1-13(2)20-23-21(28-24-20)16-10-19(27)25(17-8-4-3-7-15(16)17)12-18(26)22-11-14-6-5-9-29-14/h3-10,13H,11-12H2,1-2H3,(H,22,26). The number of fused-ring (bicyclic) bond motifs is 1. The van der Waals surface area contributed by atoms with Crippen molar-refractivity contribution in [1.82, 2.24) is 20.0 Å². The summed E-state index contributed by atoms with van der Waals surface area (Å²) in [6.45, 7) is 4.33.